The van der Waals surface area contributed by atoms with Gasteiger partial charge < -0.3 is 9.47 Å². The van der Waals surface area contributed by atoms with Crippen molar-refractivity contribution in [3.63, 3.8) is 0 Å². The van der Waals surface area contributed by atoms with Crippen molar-refractivity contribution >= 4 is 23.6 Å². The van der Waals surface area contributed by atoms with Gasteiger partial charge in [0.05, 0.1) is 0 Å². The van der Waals surface area contributed by atoms with Gasteiger partial charge in [-0.05, 0) is 42.7 Å². The number of anilines is 2. The van der Waals surface area contributed by atoms with E-state index in [1.165, 1.54) is 6.08 Å². The Morgan fingerprint density at radius 3 is 2.61 bits per heavy atom. The molecule has 0 unspecified atom stereocenters. The number of amides is 2. The molecule has 0 spiro atoms. The van der Waals surface area contributed by atoms with E-state index in [4.69, 9.17) is 9.47 Å². The second-order valence-corrected chi connectivity index (χ2v) is 6.75. The van der Waals surface area contributed by atoms with E-state index in [-0.39, 0.29) is 12.5 Å². The number of nitrogens with one attached hydrogen (secondary N) is 1. The number of carbonyl (C=O) groups is 2. The van der Waals surface area contributed by atoms with Gasteiger partial charge in [-0.2, -0.15) is 0 Å². The van der Waals surface area contributed by atoms with E-state index in [1.807, 2.05) is 45.0 Å². The predicted molar refractivity (Wildman–Crippen MR) is 111 cm³/mol. The van der Waals surface area contributed by atoms with Gasteiger partial charge in [0, 0.05) is 24.0 Å². The summed E-state index contributed by atoms with van der Waals surface area (Å²) in [5.41, 5.74) is 2.30. The van der Waals surface area contributed by atoms with Crippen LogP contribution < -0.4 is 15.0 Å². The van der Waals surface area contributed by atoms with Gasteiger partial charge in [-0.1, -0.05) is 44.7 Å². The molecule has 148 valence electrons. The fraction of sp³-hybridized carbons (Fsp3) is 0.273. The first-order valence-corrected chi connectivity index (χ1v) is 9.09. The molecular weight excluding hydrogens is 356 g/mol. The van der Waals surface area contributed by atoms with Crippen molar-refractivity contribution in [2.45, 2.75) is 20.8 Å². The highest BCUT2D eigenvalue weighted by Gasteiger charge is 2.19. The van der Waals surface area contributed by atoms with Crippen molar-refractivity contribution in [2.24, 2.45) is 5.92 Å². The second kappa shape index (κ2) is 10.2. The van der Waals surface area contributed by atoms with Gasteiger partial charge in [0.25, 0.3) is 0 Å². The van der Waals surface area contributed by atoms with E-state index in [0.29, 0.717) is 18.0 Å². The maximum Gasteiger partial charge on any atom is 0.419 e. The Hall–Kier alpha value is -3.28. The number of benzene rings is 2. The normalized spacial score (nSPS) is 10.3. The van der Waals surface area contributed by atoms with Crippen LogP contribution in [-0.4, -0.2) is 25.3 Å². The average molecular weight is 382 g/mol. The van der Waals surface area contributed by atoms with Crippen LogP contribution in [0.15, 0.2) is 61.2 Å². The van der Waals surface area contributed by atoms with Gasteiger partial charge in [-0.25, -0.2) is 9.59 Å². The van der Waals surface area contributed by atoms with Crippen LogP contribution >= 0.6 is 0 Å². The van der Waals surface area contributed by atoms with Crippen LogP contribution in [0.2, 0.25) is 0 Å². The fourth-order valence-electron chi connectivity index (χ4n) is 2.53. The van der Waals surface area contributed by atoms with E-state index in [0.717, 1.165) is 11.3 Å². The average Bonchev–Trinajstić information content (AvgIpc) is 2.64. The molecule has 6 heteroatoms. The molecule has 1 N–H and O–H groups in total. The molecule has 0 aliphatic rings. The summed E-state index contributed by atoms with van der Waals surface area (Å²) < 4.78 is 10.4. The predicted octanol–water partition coefficient (Wildman–Crippen LogP) is 5.39. The number of carbonyl (C=O) groups excluding carboxylic acids is 2. The highest BCUT2D eigenvalue weighted by molar-refractivity contribution is 5.90. The largest absolute Gasteiger partial charge is 0.445 e. The van der Waals surface area contributed by atoms with Crippen LogP contribution in [0.25, 0.3) is 0 Å². The Morgan fingerprint density at radius 2 is 1.93 bits per heavy atom. The number of ether oxygens (including phenoxy) is 2. The van der Waals surface area contributed by atoms with Gasteiger partial charge in [-0.15, -0.1) is 0 Å². The summed E-state index contributed by atoms with van der Waals surface area (Å²) in [6, 6.07) is 14.3. The molecule has 0 saturated heterocycles. The Balaban J connectivity index is 2.13. The lowest BCUT2D eigenvalue weighted by atomic mass is 10.1. The summed E-state index contributed by atoms with van der Waals surface area (Å²) in [7, 11) is 0. The summed E-state index contributed by atoms with van der Waals surface area (Å²) in [5, 5.41) is 2.58. The van der Waals surface area contributed by atoms with Crippen molar-refractivity contribution in [2.75, 3.05) is 23.4 Å². The van der Waals surface area contributed by atoms with Crippen LogP contribution in [0, 0.1) is 12.8 Å². The zero-order valence-electron chi connectivity index (χ0n) is 16.5. The third kappa shape index (κ3) is 6.46. The fourth-order valence-corrected chi connectivity index (χ4v) is 2.53. The van der Waals surface area contributed by atoms with E-state index < -0.39 is 12.2 Å². The molecule has 2 amide bonds. The van der Waals surface area contributed by atoms with E-state index >= 15 is 0 Å². The third-order valence-electron chi connectivity index (χ3n) is 3.70. The summed E-state index contributed by atoms with van der Waals surface area (Å²) >= 11 is 0. The standard InChI is InChI=1S/C22H26N2O4/c1-5-12-27-21(25)23-18-9-7-11-20(14-18)28-22(26)24(15-16(2)3)19-10-6-8-17(4)13-19/h5-11,13-14,16H,1,12,15H2,2-4H3,(H,23,25). The minimum absolute atomic E-state index is 0.112. The van der Waals surface area contributed by atoms with Crippen molar-refractivity contribution in [1.82, 2.24) is 0 Å². The maximum atomic E-state index is 12.8. The SMILES string of the molecule is C=CCOC(=O)Nc1cccc(OC(=O)N(CC(C)C)c2cccc(C)c2)c1. The molecule has 2 aromatic rings. The highest BCUT2D eigenvalue weighted by Crippen LogP contribution is 2.22. The van der Waals surface area contributed by atoms with Crippen LogP contribution in [0.1, 0.15) is 19.4 Å². The summed E-state index contributed by atoms with van der Waals surface area (Å²) in [6.07, 6.45) is 0.391. The number of aryl methyl sites for hydroxylation is 1. The Labute approximate surface area is 165 Å². The molecule has 0 aromatic heterocycles. The number of hydrogen-bond donors (Lipinski definition) is 1. The molecule has 0 saturated carbocycles. The third-order valence-corrected chi connectivity index (χ3v) is 3.70. The first kappa shape index (κ1) is 21.0. The lowest BCUT2D eigenvalue weighted by Gasteiger charge is -2.24. The molecule has 0 aliphatic heterocycles. The topological polar surface area (TPSA) is 67.9 Å². The second-order valence-electron chi connectivity index (χ2n) is 6.75. The molecule has 0 heterocycles. The number of rotatable bonds is 7. The Kier molecular flexibility index (Phi) is 7.63. The lowest BCUT2D eigenvalue weighted by Crippen LogP contribution is -2.36. The molecule has 2 rings (SSSR count). The minimum Gasteiger partial charge on any atom is -0.445 e. The molecule has 2 aromatic carbocycles. The zero-order valence-corrected chi connectivity index (χ0v) is 16.5. The van der Waals surface area contributed by atoms with Crippen LogP contribution in [-0.2, 0) is 4.74 Å². The molecule has 28 heavy (non-hydrogen) atoms. The van der Waals surface area contributed by atoms with Gasteiger partial charge >= 0.3 is 12.2 Å². The van der Waals surface area contributed by atoms with E-state index in [2.05, 4.69) is 11.9 Å². The quantitative estimate of drug-likeness (QED) is 0.652. The molecule has 0 aliphatic carbocycles. The van der Waals surface area contributed by atoms with E-state index in [1.54, 1.807) is 29.2 Å². The van der Waals surface area contributed by atoms with Crippen LogP contribution in [0.3, 0.4) is 0 Å². The zero-order chi connectivity index (χ0) is 20.5. The Bertz CT molecular complexity index is 833. The van der Waals surface area contributed by atoms with Gasteiger partial charge in [0.15, 0.2) is 0 Å². The maximum absolute atomic E-state index is 12.8. The van der Waals surface area contributed by atoms with Crippen LogP contribution in [0.5, 0.6) is 5.75 Å². The first-order chi connectivity index (χ1) is 13.4. The summed E-state index contributed by atoms with van der Waals surface area (Å²) in [5.74, 6) is 0.591. The number of hydrogen-bond acceptors (Lipinski definition) is 4. The molecule has 0 radical (unpaired) electrons. The van der Waals surface area contributed by atoms with Crippen molar-refractivity contribution < 1.29 is 19.1 Å². The molecule has 0 atom stereocenters. The molecule has 6 nitrogen and oxygen atoms in total. The molecule has 0 bridgehead atoms. The van der Waals surface area contributed by atoms with Crippen molar-refractivity contribution in [3.8, 4) is 5.75 Å². The lowest BCUT2D eigenvalue weighted by molar-refractivity contribution is 0.174. The van der Waals surface area contributed by atoms with Crippen molar-refractivity contribution in [1.29, 1.82) is 0 Å². The first-order valence-electron chi connectivity index (χ1n) is 9.09. The highest BCUT2D eigenvalue weighted by atomic mass is 16.6. The summed E-state index contributed by atoms with van der Waals surface area (Å²) in [6.45, 7) is 10.2. The summed E-state index contributed by atoms with van der Waals surface area (Å²) in [4.78, 5) is 26.1. The smallest absolute Gasteiger partial charge is 0.419 e. The molecular formula is C22H26N2O4. The van der Waals surface area contributed by atoms with Crippen molar-refractivity contribution in [3.05, 3.63) is 66.7 Å². The Morgan fingerprint density at radius 1 is 1.18 bits per heavy atom. The molecule has 0 fully saturated rings. The van der Waals surface area contributed by atoms with Gasteiger partial charge in [0.1, 0.15) is 12.4 Å². The minimum atomic E-state index is -0.607. The van der Waals surface area contributed by atoms with Crippen LogP contribution in [0.4, 0.5) is 21.0 Å². The van der Waals surface area contributed by atoms with Gasteiger partial charge in [0.2, 0.25) is 0 Å². The van der Waals surface area contributed by atoms with E-state index in [9.17, 15) is 9.59 Å². The van der Waals surface area contributed by atoms with Gasteiger partial charge in [-0.3, -0.25) is 10.2 Å². The monoisotopic (exact) mass is 382 g/mol. The number of nitrogens with zero attached hydrogens (tertiary/aromatic N) is 1.